The van der Waals surface area contributed by atoms with Gasteiger partial charge in [0.25, 0.3) is 5.91 Å². The molecule has 14 nitrogen and oxygen atoms in total. The molecule has 1 saturated heterocycles. The number of benzene rings is 1. The van der Waals surface area contributed by atoms with Crippen LogP contribution in [0.15, 0.2) is 36.5 Å². The lowest BCUT2D eigenvalue weighted by atomic mass is 9.93. The van der Waals surface area contributed by atoms with Crippen molar-refractivity contribution in [2.75, 3.05) is 13.7 Å². The summed E-state index contributed by atoms with van der Waals surface area (Å²) in [7, 11) is -2.51. The quantitative estimate of drug-likeness (QED) is 0.309. The van der Waals surface area contributed by atoms with Crippen molar-refractivity contribution in [2.45, 2.75) is 113 Å². The van der Waals surface area contributed by atoms with Gasteiger partial charge in [-0.2, -0.15) is 13.2 Å². The van der Waals surface area contributed by atoms with E-state index in [1.165, 1.54) is 13.3 Å². The average Bonchev–Trinajstić information content (AvgIpc) is 4.04. The van der Waals surface area contributed by atoms with Crippen molar-refractivity contribution in [3.8, 4) is 11.6 Å². The molecular formula is C37H45ClF3N5O9S. The van der Waals surface area contributed by atoms with Crippen molar-refractivity contribution in [3.05, 3.63) is 41.6 Å². The van der Waals surface area contributed by atoms with Gasteiger partial charge in [-0.3, -0.25) is 19.1 Å². The maximum absolute atomic E-state index is 14.6. The molecule has 0 radical (unpaired) electrons. The molecule has 0 spiro atoms. The third kappa shape index (κ3) is 8.65. The Morgan fingerprint density at radius 1 is 1.11 bits per heavy atom. The summed E-state index contributed by atoms with van der Waals surface area (Å²) >= 11 is 6.31. The van der Waals surface area contributed by atoms with Crippen LogP contribution in [0.1, 0.15) is 72.1 Å². The normalized spacial score (nSPS) is 28.1. The number of alkyl halides is 3. The maximum atomic E-state index is 14.6. The minimum atomic E-state index is -4.91. The van der Waals surface area contributed by atoms with Crippen molar-refractivity contribution in [3.63, 3.8) is 0 Å². The Balaban J connectivity index is 1.34. The standard InChI is InChI=1S/C37H45ClF3N5O9S/c1-20-9-7-5-6-8-10-21-17-36(21,33(49)45-56(51,52)24-12-13-24)44-30(47)27-16-23(54-31-26-15-22(38)11-14-25(26)28(53-4)18-42-31)19-46(27)32(48)29(20)43-34(50)55-35(2,3)37(39,40)41/h8,10-11,14-15,18,20-21,23-24,27,29H,5-7,9,12-13,16-17,19H2,1-4H3,(H,43,50)(H,44,47)(H,45,49)/b10-8-/t20-,21-,23-,27+,29+,36-/m1/s1. The van der Waals surface area contributed by atoms with E-state index in [0.29, 0.717) is 73.9 Å². The summed E-state index contributed by atoms with van der Waals surface area (Å²) in [4.78, 5) is 61.3. The van der Waals surface area contributed by atoms with Crippen molar-refractivity contribution < 1.29 is 55.0 Å². The lowest BCUT2D eigenvalue weighted by Crippen LogP contribution is -2.59. The highest BCUT2D eigenvalue weighted by Crippen LogP contribution is 2.46. The van der Waals surface area contributed by atoms with E-state index in [0.717, 1.165) is 4.90 Å². The van der Waals surface area contributed by atoms with Gasteiger partial charge in [-0.15, -0.1) is 0 Å². The zero-order valence-electron chi connectivity index (χ0n) is 31.3. The van der Waals surface area contributed by atoms with Gasteiger partial charge in [0.2, 0.25) is 33.3 Å². The first-order chi connectivity index (χ1) is 26.3. The number of carbonyl (C=O) groups excluding carboxylic acids is 4. The Morgan fingerprint density at radius 3 is 2.52 bits per heavy atom. The first kappa shape index (κ1) is 41.3. The number of fused-ring (bicyclic) bond motifs is 3. The van der Waals surface area contributed by atoms with E-state index >= 15 is 0 Å². The number of nitrogens with one attached hydrogen (secondary N) is 3. The fourth-order valence-electron chi connectivity index (χ4n) is 7.15. The van der Waals surface area contributed by atoms with E-state index in [9.17, 15) is 40.8 Å². The molecule has 3 fully saturated rings. The zero-order chi connectivity index (χ0) is 40.8. The van der Waals surface area contributed by atoms with Gasteiger partial charge < -0.3 is 29.7 Å². The van der Waals surface area contributed by atoms with Crippen LogP contribution in [0, 0.1) is 11.8 Å². The van der Waals surface area contributed by atoms with Crippen LogP contribution in [0.25, 0.3) is 10.8 Å². The number of hydrogen-bond acceptors (Lipinski definition) is 10. The molecule has 19 heteroatoms. The first-order valence-corrected chi connectivity index (χ1v) is 20.4. The summed E-state index contributed by atoms with van der Waals surface area (Å²) < 4.78 is 85.3. The molecule has 2 aliphatic heterocycles. The van der Waals surface area contributed by atoms with E-state index in [1.54, 1.807) is 31.2 Å². The second kappa shape index (κ2) is 15.6. The summed E-state index contributed by atoms with van der Waals surface area (Å²) in [5.74, 6) is -3.11. The van der Waals surface area contributed by atoms with Crippen LogP contribution in [0.3, 0.4) is 0 Å². The molecule has 2 aliphatic carbocycles. The van der Waals surface area contributed by atoms with Crippen LogP contribution in [0.4, 0.5) is 18.0 Å². The molecule has 3 N–H and O–H groups in total. The summed E-state index contributed by atoms with van der Waals surface area (Å²) in [5, 5.41) is 5.86. The number of halogens is 4. The highest BCUT2D eigenvalue weighted by molar-refractivity contribution is 7.91. The molecule has 2 saturated carbocycles. The van der Waals surface area contributed by atoms with E-state index in [-0.39, 0.29) is 25.3 Å². The number of methoxy groups -OCH3 is 1. The summed E-state index contributed by atoms with van der Waals surface area (Å²) in [5.41, 5.74) is -4.52. The molecule has 4 aliphatic rings. The Kier molecular flexibility index (Phi) is 11.5. The maximum Gasteiger partial charge on any atom is 0.427 e. The van der Waals surface area contributed by atoms with E-state index in [2.05, 4.69) is 20.3 Å². The molecule has 6 atom stereocenters. The third-order valence-electron chi connectivity index (χ3n) is 10.9. The molecule has 1 aromatic carbocycles. The largest absolute Gasteiger partial charge is 0.494 e. The number of allylic oxidation sites excluding steroid dienone is 1. The molecule has 0 bridgehead atoms. The minimum Gasteiger partial charge on any atom is -0.494 e. The fourth-order valence-corrected chi connectivity index (χ4v) is 8.68. The van der Waals surface area contributed by atoms with Gasteiger partial charge in [-0.1, -0.05) is 37.1 Å². The van der Waals surface area contributed by atoms with Gasteiger partial charge in [-0.05, 0) is 76.5 Å². The number of pyridine rings is 1. The van der Waals surface area contributed by atoms with E-state index in [4.69, 9.17) is 25.8 Å². The smallest absolute Gasteiger partial charge is 0.427 e. The third-order valence-corrected chi connectivity index (χ3v) is 12.9. The number of carbonyl (C=O) groups is 4. The Hall–Kier alpha value is -4.32. The molecule has 3 heterocycles. The van der Waals surface area contributed by atoms with Gasteiger partial charge in [-0.25, -0.2) is 18.2 Å². The number of alkyl carbamates (subject to hydrolysis) is 1. The molecule has 56 heavy (non-hydrogen) atoms. The summed E-state index contributed by atoms with van der Waals surface area (Å²) in [6.07, 6.45) is 0.626. The lowest BCUT2D eigenvalue weighted by molar-refractivity contribution is -0.244. The van der Waals surface area contributed by atoms with Crippen LogP contribution in [0.2, 0.25) is 5.02 Å². The van der Waals surface area contributed by atoms with Crippen molar-refractivity contribution in [1.29, 1.82) is 0 Å². The van der Waals surface area contributed by atoms with Crippen LogP contribution >= 0.6 is 11.6 Å². The summed E-state index contributed by atoms with van der Waals surface area (Å²) in [6, 6.07) is 2.21. The van der Waals surface area contributed by atoms with E-state index < -0.39 is 86.4 Å². The number of ether oxygens (including phenoxy) is 3. The van der Waals surface area contributed by atoms with Crippen LogP contribution < -0.4 is 24.8 Å². The number of sulfonamides is 1. The highest BCUT2D eigenvalue weighted by atomic mass is 35.5. The molecule has 0 unspecified atom stereocenters. The van der Waals surface area contributed by atoms with Crippen molar-refractivity contribution in [2.24, 2.45) is 11.8 Å². The van der Waals surface area contributed by atoms with Crippen LogP contribution in [-0.2, 0) is 29.1 Å². The van der Waals surface area contributed by atoms with Gasteiger partial charge in [0.05, 0.1) is 25.1 Å². The second-order valence-electron chi connectivity index (χ2n) is 15.5. The fraction of sp³-hybridized carbons (Fsp3) is 0.595. The SMILES string of the molecule is COc1cnc(O[C@@H]2C[C@H]3C(=O)N[C@]4(C(=O)NS(=O)(=O)C5CC5)C[C@H]4/C=C\CCCC[C@@H](C)[C@H](NC(=O)OC(C)(C)C(F)(F)F)C(=O)N3C2)c2cc(Cl)ccc12. The van der Waals surface area contributed by atoms with Gasteiger partial charge >= 0.3 is 12.3 Å². The molecular weight excluding hydrogens is 783 g/mol. The van der Waals surface area contributed by atoms with Gasteiger partial charge in [0.1, 0.15) is 29.5 Å². The Morgan fingerprint density at radius 2 is 1.84 bits per heavy atom. The predicted molar refractivity (Wildman–Crippen MR) is 197 cm³/mol. The van der Waals surface area contributed by atoms with Crippen molar-refractivity contribution in [1.82, 2.24) is 25.2 Å². The Labute approximate surface area is 327 Å². The molecule has 306 valence electrons. The molecule has 1 aromatic heterocycles. The monoisotopic (exact) mass is 827 g/mol. The second-order valence-corrected chi connectivity index (χ2v) is 17.9. The number of rotatable bonds is 8. The number of hydrogen-bond donors (Lipinski definition) is 3. The molecule has 6 rings (SSSR count). The summed E-state index contributed by atoms with van der Waals surface area (Å²) in [6.45, 7) is 2.79. The van der Waals surface area contributed by atoms with Crippen LogP contribution in [-0.4, -0.2) is 96.5 Å². The number of nitrogens with zero attached hydrogens (tertiary/aromatic N) is 2. The van der Waals surface area contributed by atoms with Gasteiger partial charge in [0, 0.05) is 28.1 Å². The topological polar surface area (TPSA) is 182 Å². The highest BCUT2D eigenvalue weighted by Gasteiger charge is 2.62. The first-order valence-electron chi connectivity index (χ1n) is 18.5. The number of amides is 4. The lowest BCUT2D eigenvalue weighted by Gasteiger charge is -2.33. The van der Waals surface area contributed by atoms with Crippen LogP contribution in [0.5, 0.6) is 11.6 Å². The minimum absolute atomic E-state index is 0.104. The van der Waals surface area contributed by atoms with Crippen molar-refractivity contribution >= 4 is 56.2 Å². The van der Waals surface area contributed by atoms with Gasteiger partial charge in [0.15, 0.2) is 0 Å². The Bertz CT molecular complexity index is 2030. The average molecular weight is 828 g/mol. The molecule has 4 amide bonds. The van der Waals surface area contributed by atoms with E-state index in [1.807, 2.05) is 6.08 Å². The zero-order valence-corrected chi connectivity index (χ0v) is 32.9. The molecule has 2 aromatic rings. The predicted octanol–water partition coefficient (Wildman–Crippen LogP) is 4.93. The number of aromatic nitrogens is 1.